The van der Waals surface area contributed by atoms with Crippen molar-refractivity contribution in [2.45, 2.75) is 13.3 Å². The predicted octanol–water partition coefficient (Wildman–Crippen LogP) is 3.72. The summed E-state index contributed by atoms with van der Waals surface area (Å²) in [6.07, 6.45) is 2.08. The van der Waals surface area contributed by atoms with Gasteiger partial charge in [0.15, 0.2) is 0 Å². The molecule has 0 bridgehead atoms. The van der Waals surface area contributed by atoms with Crippen molar-refractivity contribution in [2.75, 3.05) is 11.9 Å². The second-order valence-electron chi connectivity index (χ2n) is 5.00. The van der Waals surface area contributed by atoms with Gasteiger partial charge in [0, 0.05) is 18.3 Å². The highest BCUT2D eigenvalue weighted by Gasteiger charge is 2.03. The third kappa shape index (κ3) is 4.80. The number of hydrogen-bond donors (Lipinski definition) is 2. The van der Waals surface area contributed by atoms with Gasteiger partial charge in [0.1, 0.15) is 0 Å². The van der Waals surface area contributed by atoms with Gasteiger partial charge in [0.25, 0.3) is 0 Å². The Morgan fingerprint density at radius 3 is 2.48 bits per heavy atom. The summed E-state index contributed by atoms with van der Waals surface area (Å²) in [5.41, 5.74) is 4.29. The molecule has 0 saturated heterocycles. The summed E-state index contributed by atoms with van der Waals surface area (Å²) >= 11 is 0. The van der Waals surface area contributed by atoms with Crippen LogP contribution in [-0.4, -0.2) is 17.6 Å². The van der Waals surface area contributed by atoms with Crippen molar-refractivity contribution in [2.24, 2.45) is 0 Å². The molecule has 0 aliphatic heterocycles. The summed E-state index contributed by atoms with van der Waals surface area (Å²) < 4.78 is 0. The van der Waals surface area contributed by atoms with E-state index in [0.717, 1.165) is 17.7 Å². The molecule has 3 nitrogen and oxygen atoms in total. The number of hydrogen-bond acceptors (Lipinski definition) is 2. The number of nitrogens with one attached hydrogen (secondary N) is 1. The van der Waals surface area contributed by atoms with E-state index in [2.05, 4.69) is 23.5 Å². The second kappa shape index (κ2) is 7.29. The van der Waals surface area contributed by atoms with Gasteiger partial charge in [-0.1, -0.05) is 48.5 Å². The highest BCUT2D eigenvalue weighted by Crippen LogP contribution is 2.19. The lowest BCUT2D eigenvalue weighted by molar-refractivity contribution is -0.131. The molecule has 21 heavy (non-hydrogen) atoms. The van der Waals surface area contributed by atoms with Gasteiger partial charge in [-0.05, 0) is 36.1 Å². The number of carboxylic acids is 1. The quantitative estimate of drug-likeness (QED) is 0.793. The van der Waals surface area contributed by atoms with Crippen LogP contribution in [0.15, 0.2) is 66.2 Å². The Labute approximate surface area is 124 Å². The van der Waals surface area contributed by atoms with Crippen molar-refractivity contribution in [3.05, 3.63) is 77.4 Å². The van der Waals surface area contributed by atoms with E-state index in [1.807, 2.05) is 36.4 Å². The Morgan fingerprint density at radius 2 is 1.76 bits per heavy atom. The van der Waals surface area contributed by atoms with E-state index in [1.54, 1.807) is 6.92 Å². The zero-order chi connectivity index (χ0) is 15.1. The molecule has 0 unspecified atom stereocenters. The zero-order valence-corrected chi connectivity index (χ0v) is 12.0. The van der Waals surface area contributed by atoms with Crippen LogP contribution in [0.2, 0.25) is 0 Å². The highest BCUT2D eigenvalue weighted by molar-refractivity contribution is 5.80. The molecule has 2 rings (SSSR count). The Hall–Kier alpha value is -2.55. The summed E-state index contributed by atoms with van der Waals surface area (Å²) in [7, 11) is 0. The first kappa shape index (κ1) is 14.9. The lowest BCUT2D eigenvalue weighted by Crippen LogP contribution is -2.07. The van der Waals surface area contributed by atoms with Gasteiger partial charge in [0.2, 0.25) is 0 Å². The minimum atomic E-state index is -0.910. The van der Waals surface area contributed by atoms with Crippen LogP contribution in [0.3, 0.4) is 0 Å². The highest BCUT2D eigenvalue weighted by atomic mass is 16.4. The molecule has 2 aromatic rings. The van der Waals surface area contributed by atoms with E-state index < -0.39 is 5.97 Å². The topological polar surface area (TPSA) is 49.3 Å². The third-order valence-corrected chi connectivity index (χ3v) is 3.18. The monoisotopic (exact) mass is 281 g/mol. The second-order valence-corrected chi connectivity index (χ2v) is 5.00. The van der Waals surface area contributed by atoms with Crippen molar-refractivity contribution in [3.8, 4) is 0 Å². The van der Waals surface area contributed by atoms with Crippen molar-refractivity contribution in [1.29, 1.82) is 0 Å². The number of aliphatic carboxylic acids is 1. The van der Waals surface area contributed by atoms with E-state index in [1.165, 1.54) is 17.2 Å². The Balaban J connectivity index is 2.08. The van der Waals surface area contributed by atoms with Crippen LogP contribution in [0.4, 0.5) is 5.69 Å². The molecule has 108 valence electrons. The fourth-order valence-electron chi connectivity index (χ4n) is 2.16. The van der Waals surface area contributed by atoms with Crippen molar-refractivity contribution >= 4 is 11.7 Å². The van der Waals surface area contributed by atoms with E-state index >= 15 is 0 Å². The molecule has 0 heterocycles. The Kier molecular flexibility index (Phi) is 5.16. The molecule has 0 amide bonds. The summed E-state index contributed by atoms with van der Waals surface area (Å²) in [6.45, 7) is 2.33. The largest absolute Gasteiger partial charge is 0.478 e. The summed E-state index contributed by atoms with van der Waals surface area (Å²) in [6, 6.07) is 18.4. The van der Waals surface area contributed by atoms with E-state index in [9.17, 15) is 4.79 Å². The Morgan fingerprint density at radius 1 is 1.10 bits per heavy atom. The summed E-state index contributed by atoms with van der Waals surface area (Å²) in [4.78, 5) is 10.6. The van der Waals surface area contributed by atoms with Crippen LogP contribution in [-0.2, 0) is 11.2 Å². The van der Waals surface area contributed by atoms with Gasteiger partial charge in [-0.25, -0.2) is 4.79 Å². The minimum Gasteiger partial charge on any atom is -0.478 e. The maximum absolute atomic E-state index is 10.6. The summed E-state index contributed by atoms with van der Waals surface area (Å²) in [5.74, 6) is -0.910. The fourth-order valence-corrected chi connectivity index (χ4v) is 2.16. The van der Waals surface area contributed by atoms with Crippen LogP contribution in [0.1, 0.15) is 18.1 Å². The lowest BCUT2D eigenvalue weighted by atomic mass is 10.0. The number of rotatable bonds is 6. The number of benzene rings is 2. The first-order valence-electron chi connectivity index (χ1n) is 6.91. The molecule has 0 fully saturated rings. The molecule has 0 aromatic heterocycles. The van der Waals surface area contributed by atoms with Crippen LogP contribution in [0.25, 0.3) is 0 Å². The summed E-state index contributed by atoms with van der Waals surface area (Å²) in [5, 5.41) is 12.0. The van der Waals surface area contributed by atoms with Crippen LogP contribution in [0.5, 0.6) is 0 Å². The fraction of sp³-hybridized carbons (Fsp3) is 0.167. The zero-order valence-electron chi connectivity index (χ0n) is 12.0. The van der Waals surface area contributed by atoms with Crippen LogP contribution >= 0.6 is 0 Å². The third-order valence-electron chi connectivity index (χ3n) is 3.18. The first-order valence-corrected chi connectivity index (χ1v) is 6.91. The molecule has 0 aliphatic carbocycles. The van der Waals surface area contributed by atoms with E-state index in [-0.39, 0.29) is 0 Å². The van der Waals surface area contributed by atoms with Crippen LogP contribution < -0.4 is 5.32 Å². The molecule has 2 aromatic carbocycles. The smallest absolute Gasteiger partial charge is 0.328 e. The molecule has 2 N–H and O–H groups in total. The average molecular weight is 281 g/mol. The van der Waals surface area contributed by atoms with E-state index in [4.69, 9.17) is 5.11 Å². The predicted molar refractivity (Wildman–Crippen MR) is 85.6 cm³/mol. The SMILES string of the molecule is C/C(=C/C(=O)O)CNc1ccccc1Cc1ccccc1. The van der Waals surface area contributed by atoms with Gasteiger partial charge in [-0.3, -0.25) is 0 Å². The molecular formula is C18H19NO2. The normalized spacial score (nSPS) is 11.2. The van der Waals surface area contributed by atoms with Gasteiger partial charge >= 0.3 is 5.97 Å². The average Bonchev–Trinajstić information content (AvgIpc) is 2.47. The molecule has 0 saturated carbocycles. The molecule has 0 radical (unpaired) electrons. The maximum Gasteiger partial charge on any atom is 0.328 e. The maximum atomic E-state index is 10.6. The number of carboxylic acid groups (broad SMARTS) is 1. The van der Waals surface area contributed by atoms with Crippen LogP contribution in [0, 0.1) is 0 Å². The molecule has 0 atom stereocenters. The molecular weight excluding hydrogens is 262 g/mol. The van der Waals surface area contributed by atoms with Gasteiger partial charge < -0.3 is 10.4 Å². The van der Waals surface area contributed by atoms with E-state index in [0.29, 0.717) is 6.54 Å². The van der Waals surface area contributed by atoms with Crippen molar-refractivity contribution in [3.63, 3.8) is 0 Å². The number of para-hydroxylation sites is 1. The van der Waals surface area contributed by atoms with Crippen molar-refractivity contribution < 1.29 is 9.90 Å². The number of carbonyl (C=O) groups is 1. The van der Waals surface area contributed by atoms with Gasteiger partial charge in [-0.15, -0.1) is 0 Å². The first-order chi connectivity index (χ1) is 10.1. The van der Waals surface area contributed by atoms with Gasteiger partial charge in [0.05, 0.1) is 0 Å². The minimum absolute atomic E-state index is 0.526. The van der Waals surface area contributed by atoms with Gasteiger partial charge in [-0.2, -0.15) is 0 Å². The lowest BCUT2D eigenvalue weighted by Gasteiger charge is -2.12. The Bertz CT molecular complexity index is 633. The molecule has 0 spiro atoms. The molecule has 0 aliphatic rings. The molecule has 3 heteroatoms. The van der Waals surface area contributed by atoms with Crippen molar-refractivity contribution in [1.82, 2.24) is 0 Å². The standard InChI is InChI=1S/C18H19NO2/c1-14(11-18(20)21)13-19-17-10-6-5-9-16(17)12-15-7-3-2-4-8-15/h2-11,19H,12-13H2,1H3,(H,20,21)/b14-11-. The number of anilines is 1.